The molecule has 6 nitrogen and oxygen atoms in total. The first kappa shape index (κ1) is 21.3. The van der Waals surface area contributed by atoms with E-state index in [2.05, 4.69) is 9.46 Å². The van der Waals surface area contributed by atoms with Crippen molar-refractivity contribution in [1.82, 2.24) is 0 Å². The number of nitrogen functional groups attached to an aromatic ring is 1. The molecule has 0 saturated heterocycles. The number of ether oxygens (including phenoxy) is 1. The summed E-state index contributed by atoms with van der Waals surface area (Å²) < 4.78 is 72.0. The molecule has 0 radical (unpaired) electrons. The lowest BCUT2D eigenvalue weighted by Gasteiger charge is -2.17. The third kappa shape index (κ3) is 4.43. The molecule has 1 fully saturated rings. The molecule has 0 amide bonds. The van der Waals surface area contributed by atoms with Crippen LogP contribution in [0.5, 0.6) is 0 Å². The summed E-state index contributed by atoms with van der Waals surface area (Å²) in [6, 6.07) is 5.45. The molecule has 0 bridgehead atoms. The molecule has 0 atom stereocenters. The molecule has 0 spiro atoms. The molecule has 3 rings (SSSR count). The number of methoxy groups -OCH3 is 1. The molecule has 11 heteroatoms. The van der Waals surface area contributed by atoms with E-state index in [0.29, 0.717) is 11.6 Å². The lowest BCUT2D eigenvalue weighted by atomic mass is 10.1. The molecule has 0 aromatic heterocycles. The number of sulfonamides is 1. The van der Waals surface area contributed by atoms with Crippen molar-refractivity contribution >= 4 is 39.0 Å². The number of halogens is 4. The summed E-state index contributed by atoms with van der Waals surface area (Å²) in [7, 11) is -3.21. The van der Waals surface area contributed by atoms with E-state index in [1.54, 1.807) is 0 Å². The average molecular weight is 449 g/mol. The van der Waals surface area contributed by atoms with Crippen molar-refractivity contribution in [3.63, 3.8) is 0 Å². The monoisotopic (exact) mass is 448 g/mol. The Balaban J connectivity index is 2.08. The van der Waals surface area contributed by atoms with Crippen LogP contribution in [-0.2, 0) is 20.9 Å². The van der Waals surface area contributed by atoms with E-state index < -0.39 is 38.4 Å². The van der Waals surface area contributed by atoms with Gasteiger partial charge in [-0.2, -0.15) is 13.2 Å². The van der Waals surface area contributed by atoms with Crippen molar-refractivity contribution in [3.05, 3.63) is 52.0 Å². The number of esters is 1. The number of anilines is 2. The summed E-state index contributed by atoms with van der Waals surface area (Å²) in [4.78, 5) is 11.6. The van der Waals surface area contributed by atoms with Gasteiger partial charge < -0.3 is 10.5 Å². The normalized spacial score (nSPS) is 14.5. The predicted octanol–water partition coefficient (Wildman–Crippen LogP) is 4.41. The number of carbonyl (C=O) groups is 1. The zero-order valence-electron chi connectivity index (χ0n) is 15.0. The van der Waals surface area contributed by atoms with Crippen LogP contribution in [0.4, 0.5) is 24.5 Å². The smallest absolute Gasteiger partial charge is 0.417 e. The van der Waals surface area contributed by atoms with Crippen LogP contribution in [0, 0.1) is 0 Å². The van der Waals surface area contributed by atoms with Crippen molar-refractivity contribution in [2.75, 3.05) is 17.6 Å². The average Bonchev–Trinajstić information content (AvgIpc) is 3.46. The Morgan fingerprint density at radius 2 is 1.90 bits per heavy atom. The van der Waals surface area contributed by atoms with Gasteiger partial charge in [-0.25, -0.2) is 13.2 Å². The van der Waals surface area contributed by atoms with E-state index in [4.69, 9.17) is 17.3 Å². The topological polar surface area (TPSA) is 98.5 Å². The Morgan fingerprint density at radius 3 is 2.45 bits per heavy atom. The number of hydrogen-bond acceptors (Lipinski definition) is 5. The second-order valence-electron chi connectivity index (χ2n) is 6.54. The highest BCUT2D eigenvalue weighted by Crippen LogP contribution is 2.44. The van der Waals surface area contributed by atoms with Gasteiger partial charge in [0.25, 0.3) is 10.0 Å². The fraction of sp³-hybridized carbons (Fsp3) is 0.278. The SMILES string of the molecule is COC(=O)c1ccc(C2CC2)c(S(=O)(=O)Nc2cc(C(F)(F)F)c(Cl)cc2N)c1. The van der Waals surface area contributed by atoms with Crippen LogP contribution in [0.3, 0.4) is 0 Å². The fourth-order valence-corrected chi connectivity index (χ4v) is 4.52. The molecule has 1 aliphatic rings. The van der Waals surface area contributed by atoms with Gasteiger partial charge in [-0.15, -0.1) is 0 Å². The van der Waals surface area contributed by atoms with Crippen LogP contribution >= 0.6 is 11.6 Å². The van der Waals surface area contributed by atoms with Gasteiger partial charge in [0.1, 0.15) is 0 Å². The van der Waals surface area contributed by atoms with E-state index in [1.807, 2.05) is 0 Å². The predicted molar refractivity (Wildman–Crippen MR) is 101 cm³/mol. The van der Waals surface area contributed by atoms with Crippen molar-refractivity contribution < 1.29 is 31.1 Å². The van der Waals surface area contributed by atoms with Crippen molar-refractivity contribution in [1.29, 1.82) is 0 Å². The first-order valence-electron chi connectivity index (χ1n) is 8.35. The van der Waals surface area contributed by atoms with Crippen LogP contribution in [0.25, 0.3) is 0 Å². The Bertz CT molecular complexity index is 1080. The Labute approximate surface area is 169 Å². The van der Waals surface area contributed by atoms with E-state index in [1.165, 1.54) is 12.1 Å². The highest BCUT2D eigenvalue weighted by atomic mass is 35.5. The zero-order chi connectivity index (χ0) is 21.6. The maximum Gasteiger partial charge on any atom is 0.417 e. The molecule has 2 aromatic carbocycles. The molecule has 156 valence electrons. The third-order valence-electron chi connectivity index (χ3n) is 4.43. The van der Waals surface area contributed by atoms with Crippen molar-refractivity contribution in [2.45, 2.75) is 29.8 Å². The van der Waals surface area contributed by atoms with Crippen LogP contribution < -0.4 is 10.5 Å². The molecule has 0 heterocycles. The Morgan fingerprint density at radius 1 is 1.24 bits per heavy atom. The summed E-state index contributed by atoms with van der Waals surface area (Å²) in [5, 5.41) is -0.649. The minimum Gasteiger partial charge on any atom is -0.465 e. The maximum absolute atomic E-state index is 13.1. The summed E-state index contributed by atoms with van der Waals surface area (Å²) in [5.41, 5.74) is 4.17. The van der Waals surface area contributed by atoms with Gasteiger partial charge in [0, 0.05) is 0 Å². The third-order valence-corrected chi connectivity index (χ3v) is 6.16. The first-order valence-corrected chi connectivity index (χ1v) is 10.2. The lowest BCUT2D eigenvalue weighted by Crippen LogP contribution is -2.18. The maximum atomic E-state index is 13.1. The Kier molecular flexibility index (Phi) is 5.44. The molecular weight excluding hydrogens is 433 g/mol. The zero-order valence-corrected chi connectivity index (χ0v) is 16.6. The van der Waals surface area contributed by atoms with Crippen LogP contribution in [0.2, 0.25) is 5.02 Å². The summed E-state index contributed by atoms with van der Waals surface area (Å²) in [6.45, 7) is 0. The highest BCUT2D eigenvalue weighted by molar-refractivity contribution is 7.92. The van der Waals surface area contributed by atoms with E-state index >= 15 is 0 Å². The number of carbonyl (C=O) groups excluding carboxylic acids is 1. The summed E-state index contributed by atoms with van der Waals surface area (Å²) in [5.74, 6) is -0.754. The van der Waals surface area contributed by atoms with Gasteiger partial charge in [0.2, 0.25) is 0 Å². The highest BCUT2D eigenvalue weighted by Gasteiger charge is 2.35. The first-order chi connectivity index (χ1) is 13.4. The largest absolute Gasteiger partial charge is 0.465 e. The van der Waals surface area contributed by atoms with Gasteiger partial charge in [0.05, 0.1) is 39.5 Å². The quantitative estimate of drug-likeness (QED) is 0.521. The number of nitrogens with two attached hydrogens (primary N) is 1. The summed E-state index contributed by atoms with van der Waals surface area (Å²) in [6.07, 6.45) is -3.27. The fourth-order valence-electron chi connectivity index (χ4n) is 2.84. The lowest BCUT2D eigenvalue weighted by molar-refractivity contribution is -0.137. The van der Waals surface area contributed by atoms with Crippen molar-refractivity contribution in [3.8, 4) is 0 Å². The second-order valence-corrected chi connectivity index (χ2v) is 8.60. The van der Waals surface area contributed by atoms with Gasteiger partial charge in [0.15, 0.2) is 0 Å². The number of benzene rings is 2. The number of alkyl halides is 3. The molecule has 1 aliphatic carbocycles. The van der Waals surface area contributed by atoms with Crippen molar-refractivity contribution in [2.24, 2.45) is 0 Å². The Hall–Kier alpha value is -2.46. The van der Waals surface area contributed by atoms with E-state index in [0.717, 1.165) is 32.1 Å². The van der Waals surface area contributed by atoms with Crippen LogP contribution in [-0.4, -0.2) is 21.5 Å². The standard InChI is InChI=1S/C18H16ClF3N2O4S/c1-28-17(25)10-4-5-11(9-2-3-9)16(6-10)29(26,27)24-15-7-12(18(20,21)22)13(19)8-14(15)23/h4-9,24H,2-3,23H2,1H3. The molecule has 1 saturated carbocycles. The molecule has 0 unspecified atom stereocenters. The number of nitrogens with one attached hydrogen (secondary N) is 1. The molecular formula is C18H16ClF3N2O4S. The second kappa shape index (κ2) is 7.42. The van der Waals surface area contributed by atoms with Gasteiger partial charge in [-0.1, -0.05) is 17.7 Å². The van der Waals surface area contributed by atoms with E-state index in [9.17, 15) is 26.4 Å². The number of hydrogen-bond donors (Lipinski definition) is 2. The summed E-state index contributed by atoms with van der Waals surface area (Å²) >= 11 is 5.59. The minimum atomic E-state index is -4.80. The van der Waals surface area contributed by atoms with Gasteiger partial charge >= 0.3 is 12.1 Å². The molecule has 2 aromatic rings. The minimum absolute atomic E-state index is 0.00247. The number of rotatable bonds is 5. The van der Waals surface area contributed by atoms with Gasteiger partial charge in [-0.3, -0.25) is 4.72 Å². The molecule has 29 heavy (non-hydrogen) atoms. The molecule has 0 aliphatic heterocycles. The van der Waals surface area contributed by atoms with E-state index in [-0.39, 0.29) is 22.1 Å². The van der Waals surface area contributed by atoms with Gasteiger partial charge in [-0.05, 0) is 48.6 Å². The molecule has 3 N–H and O–H groups in total. The van der Waals surface area contributed by atoms with Crippen LogP contribution in [0.1, 0.15) is 40.2 Å². The van der Waals surface area contributed by atoms with Crippen LogP contribution in [0.15, 0.2) is 35.2 Å².